The Hall–Kier alpha value is -2.11. The number of para-hydroxylation sites is 1. The van der Waals surface area contributed by atoms with E-state index >= 15 is 0 Å². The first-order valence-electron chi connectivity index (χ1n) is 6.55. The lowest BCUT2D eigenvalue weighted by Gasteiger charge is -2.13. The first-order chi connectivity index (χ1) is 10.0. The minimum absolute atomic E-state index is 0.263. The highest BCUT2D eigenvalue weighted by atomic mass is 35.5. The molecule has 0 atom stereocenters. The van der Waals surface area contributed by atoms with Gasteiger partial charge in [0.1, 0.15) is 0 Å². The average Bonchev–Trinajstić information content (AvgIpc) is 2.47. The number of nitrogens with one attached hydrogen (secondary N) is 2. The Labute approximate surface area is 128 Å². The van der Waals surface area contributed by atoms with Crippen molar-refractivity contribution < 1.29 is 4.79 Å². The molecule has 0 aliphatic rings. The molecule has 0 aliphatic heterocycles. The lowest BCUT2D eigenvalue weighted by molar-refractivity contribution is 0.102. The van der Waals surface area contributed by atoms with E-state index in [9.17, 15) is 4.79 Å². The summed E-state index contributed by atoms with van der Waals surface area (Å²) in [4.78, 5) is 16.3. The number of rotatable bonds is 4. The molecule has 2 rings (SSSR count). The zero-order valence-electron chi connectivity index (χ0n) is 11.9. The molecule has 1 aromatic carbocycles. The van der Waals surface area contributed by atoms with Crippen molar-refractivity contribution in [2.45, 2.75) is 19.8 Å². The number of hydrogen-bond donors (Lipinski definition) is 3. The van der Waals surface area contributed by atoms with Crippen LogP contribution in [-0.4, -0.2) is 10.9 Å². The largest absolute Gasteiger partial charge is 0.322 e. The number of amides is 1. The molecule has 0 radical (unpaired) electrons. The second-order valence-corrected chi connectivity index (χ2v) is 5.30. The van der Waals surface area contributed by atoms with Crippen LogP contribution in [0.2, 0.25) is 5.02 Å². The Morgan fingerprint density at radius 3 is 2.67 bits per heavy atom. The van der Waals surface area contributed by atoms with Gasteiger partial charge in [0.05, 0.1) is 10.6 Å². The van der Waals surface area contributed by atoms with Crippen molar-refractivity contribution in [3.63, 3.8) is 0 Å². The van der Waals surface area contributed by atoms with Crippen LogP contribution in [0.5, 0.6) is 0 Å². The smallest absolute Gasteiger partial charge is 0.257 e. The topological polar surface area (TPSA) is 80.0 Å². The lowest BCUT2D eigenvalue weighted by Crippen LogP contribution is -2.15. The molecule has 1 aromatic heterocycles. The fourth-order valence-electron chi connectivity index (χ4n) is 1.98. The van der Waals surface area contributed by atoms with Gasteiger partial charge < -0.3 is 10.7 Å². The third-order valence-corrected chi connectivity index (χ3v) is 3.36. The summed E-state index contributed by atoms with van der Waals surface area (Å²) in [5.74, 6) is 5.63. The minimum Gasteiger partial charge on any atom is -0.322 e. The quantitative estimate of drug-likeness (QED) is 0.597. The SMILES string of the molecule is CC(C)c1ccccc1NC(=O)c1cnc(NN)c(Cl)c1. The van der Waals surface area contributed by atoms with E-state index in [2.05, 4.69) is 29.6 Å². The van der Waals surface area contributed by atoms with Crippen LogP contribution >= 0.6 is 11.6 Å². The molecule has 2 aromatic rings. The number of hydrogen-bond acceptors (Lipinski definition) is 4. The number of halogens is 1. The fourth-order valence-corrected chi connectivity index (χ4v) is 2.20. The van der Waals surface area contributed by atoms with Gasteiger partial charge in [0.25, 0.3) is 5.91 Å². The van der Waals surface area contributed by atoms with Crippen molar-refractivity contribution in [1.82, 2.24) is 4.98 Å². The standard InChI is InChI=1S/C15H17ClN4O/c1-9(2)11-5-3-4-6-13(11)19-15(21)10-7-12(16)14(20-17)18-8-10/h3-9H,17H2,1-2H3,(H,18,20)(H,19,21). The molecule has 110 valence electrons. The number of benzene rings is 1. The zero-order chi connectivity index (χ0) is 15.4. The van der Waals surface area contributed by atoms with E-state index in [1.165, 1.54) is 12.3 Å². The molecule has 0 saturated carbocycles. The highest BCUT2D eigenvalue weighted by molar-refractivity contribution is 6.33. The van der Waals surface area contributed by atoms with Gasteiger partial charge in [-0.25, -0.2) is 10.8 Å². The van der Waals surface area contributed by atoms with Crippen LogP contribution in [0.1, 0.15) is 35.7 Å². The van der Waals surface area contributed by atoms with Gasteiger partial charge in [-0.2, -0.15) is 0 Å². The van der Waals surface area contributed by atoms with E-state index in [0.717, 1.165) is 11.3 Å². The molecule has 0 aliphatic carbocycles. The average molecular weight is 305 g/mol. The van der Waals surface area contributed by atoms with Gasteiger partial charge in [-0.15, -0.1) is 0 Å². The Bertz CT molecular complexity index is 658. The zero-order valence-corrected chi connectivity index (χ0v) is 12.6. The van der Waals surface area contributed by atoms with Crippen molar-refractivity contribution in [2.24, 2.45) is 5.84 Å². The van der Waals surface area contributed by atoms with Crippen LogP contribution in [0.15, 0.2) is 36.5 Å². The van der Waals surface area contributed by atoms with E-state index < -0.39 is 0 Å². The van der Waals surface area contributed by atoms with Gasteiger partial charge >= 0.3 is 0 Å². The van der Waals surface area contributed by atoms with Crippen LogP contribution in [0.25, 0.3) is 0 Å². The predicted molar refractivity (Wildman–Crippen MR) is 85.5 cm³/mol. The van der Waals surface area contributed by atoms with Gasteiger partial charge in [-0.1, -0.05) is 43.6 Å². The van der Waals surface area contributed by atoms with E-state index in [4.69, 9.17) is 17.4 Å². The second kappa shape index (κ2) is 6.56. The highest BCUT2D eigenvalue weighted by Gasteiger charge is 2.12. The van der Waals surface area contributed by atoms with Crippen molar-refractivity contribution in [3.8, 4) is 0 Å². The summed E-state index contributed by atoms with van der Waals surface area (Å²) in [5.41, 5.74) is 4.59. The number of carbonyl (C=O) groups is 1. The number of nitrogens with two attached hydrogens (primary N) is 1. The third-order valence-electron chi connectivity index (χ3n) is 3.07. The van der Waals surface area contributed by atoms with Crippen molar-refractivity contribution >= 4 is 29.0 Å². The van der Waals surface area contributed by atoms with E-state index in [-0.39, 0.29) is 5.91 Å². The lowest BCUT2D eigenvalue weighted by atomic mass is 10.0. The first-order valence-corrected chi connectivity index (χ1v) is 6.93. The fraction of sp³-hybridized carbons (Fsp3) is 0.200. The molecule has 21 heavy (non-hydrogen) atoms. The third kappa shape index (κ3) is 3.51. The Morgan fingerprint density at radius 2 is 2.05 bits per heavy atom. The molecule has 5 nitrogen and oxygen atoms in total. The van der Waals surface area contributed by atoms with Crippen LogP contribution in [0, 0.1) is 0 Å². The molecule has 1 amide bonds. The number of nitrogens with zero attached hydrogens (tertiary/aromatic N) is 1. The molecule has 6 heteroatoms. The van der Waals surface area contributed by atoms with E-state index in [0.29, 0.717) is 22.3 Å². The van der Waals surface area contributed by atoms with Crippen molar-refractivity contribution in [2.75, 3.05) is 10.7 Å². The van der Waals surface area contributed by atoms with Crippen LogP contribution < -0.4 is 16.6 Å². The number of nitrogen functional groups attached to an aromatic ring is 1. The minimum atomic E-state index is -0.263. The molecule has 0 fully saturated rings. The summed E-state index contributed by atoms with van der Waals surface area (Å²) in [6.45, 7) is 4.15. The maximum atomic E-state index is 12.3. The highest BCUT2D eigenvalue weighted by Crippen LogP contribution is 2.25. The summed E-state index contributed by atoms with van der Waals surface area (Å²) in [6, 6.07) is 9.22. The summed E-state index contributed by atoms with van der Waals surface area (Å²) >= 11 is 5.97. The maximum Gasteiger partial charge on any atom is 0.257 e. The second-order valence-electron chi connectivity index (χ2n) is 4.89. The van der Waals surface area contributed by atoms with Gasteiger partial charge in [-0.3, -0.25) is 4.79 Å². The van der Waals surface area contributed by atoms with E-state index in [1.54, 1.807) is 0 Å². The Balaban J connectivity index is 2.24. The van der Waals surface area contributed by atoms with Crippen LogP contribution in [0.4, 0.5) is 11.5 Å². The molecule has 0 spiro atoms. The number of anilines is 2. The Kier molecular flexibility index (Phi) is 4.77. The van der Waals surface area contributed by atoms with Crippen LogP contribution in [-0.2, 0) is 0 Å². The van der Waals surface area contributed by atoms with Gasteiger partial charge in [0.15, 0.2) is 5.82 Å². The maximum absolute atomic E-state index is 12.3. The number of carbonyl (C=O) groups excluding carboxylic acids is 1. The summed E-state index contributed by atoms with van der Waals surface area (Å²) < 4.78 is 0. The van der Waals surface area contributed by atoms with Gasteiger partial charge in [-0.05, 0) is 23.6 Å². The molecule has 1 heterocycles. The van der Waals surface area contributed by atoms with Crippen LogP contribution in [0.3, 0.4) is 0 Å². The predicted octanol–water partition coefficient (Wildman–Crippen LogP) is 3.40. The molecule has 0 bridgehead atoms. The molecule has 4 N–H and O–H groups in total. The monoisotopic (exact) mass is 304 g/mol. The first kappa shape index (κ1) is 15.3. The number of aromatic nitrogens is 1. The molecule has 0 saturated heterocycles. The van der Waals surface area contributed by atoms with Crippen molar-refractivity contribution in [1.29, 1.82) is 0 Å². The Morgan fingerprint density at radius 1 is 1.33 bits per heavy atom. The van der Waals surface area contributed by atoms with Gasteiger partial charge in [0.2, 0.25) is 0 Å². The van der Waals surface area contributed by atoms with E-state index in [1.807, 2.05) is 24.3 Å². The summed E-state index contributed by atoms with van der Waals surface area (Å²) in [6.07, 6.45) is 1.42. The summed E-state index contributed by atoms with van der Waals surface area (Å²) in [7, 11) is 0. The molecular formula is C15H17ClN4O. The summed E-state index contributed by atoms with van der Waals surface area (Å²) in [5, 5.41) is 3.18. The normalized spacial score (nSPS) is 10.5. The van der Waals surface area contributed by atoms with Crippen molar-refractivity contribution in [3.05, 3.63) is 52.7 Å². The number of hydrazine groups is 1. The number of pyridine rings is 1. The molecule has 0 unspecified atom stereocenters. The molecular weight excluding hydrogens is 288 g/mol. The van der Waals surface area contributed by atoms with Gasteiger partial charge in [0, 0.05) is 11.9 Å².